The molecule has 74 heavy (non-hydrogen) atoms. The molecule has 1 rings (SSSR count). The molecule has 0 saturated heterocycles. The first-order valence-corrected chi connectivity index (χ1v) is 30.1. The second-order valence-corrected chi connectivity index (χ2v) is 20.4. The Hall–Kier alpha value is -3.27. The molecule has 1 aromatic carbocycles. The number of benzene rings is 1. The number of carbonyl (C=O) groups is 4. The maximum Gasteiger partial charge on any atom is 0.431 e. The third-order valence-corrected chi connectivity index (χ3v) is 13.0. The summed E-state index contributed by atoms with van der Waals surface area (Å²) in [5, 5.41) is 37.4. The summed E-state index contributed by atoms with van der Waals surface area (Å²) in [6, 6.07) is 3.53. The highest BCUT2D eigenvalue weighted by Crippen LogP contribution is 2.24. The fourth-order valence-electron chi connectivity index (χ4n) is 8.23. The topological polar surface area (TPSA) is 189 Å². The van der Waals surface area contributed by atoms with Crippen LogP contribution in [-0.4, -0.2) is 106 Å². The first-order chi connectivity index (χ1) is 35.7. The fraction of sp³-hybridized carbons (Fsp3) is 0.831. The Bertz CT molecular complexity index is 1400. The zero-order valence-electron chi connectivity index (χ0n) is 48.7. The molecule has 1 aromatic rings. The van der Waals surface area contributed by atoms with Gasteiger partial charge in [0.25, 0.3) is 0 Å². The van der Waals surface area contributed by atoms with Crippen LogP contribution in [0, 0.1) is 13.8 Å². The number of thiol groups is 1. The van der Waals surface area contributed by atoms with E-state index in [2.05, 4.69) is 45.1 Å². The van der Waals surface area contributed by atoms with Gasteiger partial charge in [-0.2, -0.15) is 12.6 Å². The lowest BCUT2D eigenvalue weighted by Gasteiger charge is -2.25. The summed E-state index contributed by atoms with van der Waals surface area (Å²) in [6.07, 6.45) is 42.1. The normalized spacial score (nSPS) is 10.5. The number of amides is 4. The predicted octanol–water partition coefficient (Wildman–Crippen LogP) is 16.4. The lowest BCUT2D eigenvalue weighted by atomic mass is 10.0. The number of urea groups is 1. The number of hydrogen-bond donors (Lipinski definition) is 6. The number of phenols is 1. The van der Waals surface area contributed by atoms with Gasteiger partial charge in [0, 0.05) is 45.8 Å². The van der Waals surface area contributed by atoms with Crippen LogP contribution in [0.3, 0.4) is 0 Å². The van der Waals surface area contributed by atoms with Crippen LogP contribution in [-0.2, 0) is 25.5 Å². The van der Waals surface area contributed by atoms with E-state index in [1.165, 1.54) is 193 Å². The van der Waals surface area contributed by atoms with Gasteiger partial charge in [-0.15, -0.1) is 0 Å². The predicted molar refractivity (Wildman–Crippen MR) is 308 cm³/mol. The molecule has 0 heterocycles. The van der Waals surface area contributed by atoms with Crippen LogP contribution in [0.15, 0.2) is 12.1 Å². The van der Waals surface area contributed by atoms with Gasteiger partial charge in [-0.25, -0.2) is 25.2 Å². The molecule has 0 saturated carbocycles. The van der Waals surface area contributed by atoms with Crippen molar-refractivity contribution in [3.8, 4) is 5.75 Å². The minimum absolute atomic E-state index is 0.173. The molecular weight excluding hydrogens is 957 g/mol. The van der Waals surface area contributed by atoms with Crippen LogP contribution in [0.25, 0.3) is 0 Å². The molecule has 0 aliphatic heterocycles. The first-order valence-electron chi connectivity index (χ1n) is 29.5. The molecule has 0 aliphatic carbocycles. The van der Waals surface area contributed by atoms with Gasteiger partial charge < -0.3 is 19.5 Å². The molecule has 5 N–H and O–H groups in total. The number of rotatable bonds is 42. The van der Waals surface area contributed by atoms with Crippen LogP contribution in [0.4, 0.5) is 9.59 Å². The van der Waals surface area contributed by atoms with E-state index in [0.717, 1.165) is 68.3 Å². The molecule has 0 aliphatic rings. The van der Waals surface area contributed by atoms with Gasteiger partial charge in [0.05, 0.1) is 6.61 Å². The van der Waals surface area contributed by atoms with E-state index >= 15 is 0 Å². The van der Waals surface area contributed by atoms with Crippen molar-refractivity contribution in [2.75, 3.05) is 46.2 Å². The SMILES string of the molecule is CCCCCCCCCCCCCCCC(=O)N(C)O.CCCCCCCCCCOC(=O)NO.CCCCCCCCN(CCCCCCCC)C(=O)N(C)O.Cc1cc(CCC(=O)OCCS)cc(C)c1O. The molecule has 0 unspecified atom stereocenters. The number of esters is 1. The number of hydrogen-bond acceptors (Lipinski definition) is 11. The third-order valence-electron chi connectivity index (χ3n) is 12.8. The van der Waals surface area contributed by atoms with Crippen molar-refractivity contribution in [2.45, 2.75) is 273 Å². The molecule has 15 heteroatoms. The zero-order valence-corrected chi connectivity index (χ0v) is 49.6. The maximum atomic E-state index is 12.0. The highest BCUT2D eigenvalue weighted by Gasteiger charge is 2.16. The van der Waals surface area contributed by atoms with Crippen molar-refractivity contribution in [2.24, 2.45) is 0 Å². The van der Waals surface area contributed by atoms with Crippen molar-refractivity contribution in [3.05, 3.63) is 28.8 Å². The number of nitrogens with zero attached hydrogens (tertiary/aromatic N) is 3. The van der Waals surface area contributed by atoms with Crippen molar-refractivity contribution >= 4 is 36.6 Å². The first kappa shape index (κ1) is 75.0. The van der Waals surface area contributed by atoms with Crippen molar-refractivity contribution in [1.29, 1.82) is 0 Å². The van der Waals surface area contributed by atoms with E-state index in [0.29, 0.717) is 54.1 Å². The maximum absolute atomic E-state index is 12.0. The van der Waals surface area contributed by atoms with E-state index < -0.39 is 6.09 Å². The average molecular weight is 1070 g/mol. The van der Waals surface area contributed by atoms with E-state index in [-0.39, 0.29) is 17.9 Å². The summed E-state index contributed by atoms with van der Waals surface area (Å²) >= 11 is 3.97. The second-order valence-electron chi connectivity index (χ2n) is 20.0. The number of ether oxygens (including phenoxy) is 2. The summed E-state index contributed by atoms with van der Waals surface area (Å²) in [4.78, 5) is 46.6. The number of unbranched alkanes of at least 4 members (excludes halogenated alkanes) is 29. The van der Waals surface area contributed by atoms with Gasteiger partial charge in [-0.1, -0.05) is 226 Å². The molecular formula is C59H114N4O10S. The van der Waals surface area contributed by atoms with Crippen LogP contribution in [0.5, 0.6) is 5.75 Å². The summed E-state index contributed by atoms with van der Waals surface area (Å²) < 4.78 is 9.57. The lowest BCUT2D eigenvalue weighted by Crippen LogP contribution is -2.40. The number of aryl methyl sites for hydroxylation is 3. The standard InChI is InChI=1S/C18H38N2O2.C17H35NO2.C13H18O3S.C11H23NO3/c1-4-6-8-10-12-14-16-20(18(21)19(3)22)17-15-13-11-9-7-5-2;1-3-4-5-6-7-8-9-10-11-12-13-14-15-16-17(19)18(2)20;1-9-7-11(8-10(2)13(9)15)3-4-12(14)16-5-6-17;1-2-3-4-5-6-7-8-9-10-15-11(13)12-14/h22H,4-17H2,1-3H3;20H,3-16H2,1-2H3;7-8,15,17H,3-6H2,1-2H3;14H,2-10H2,1H3,(H,12,13). The molecule has 0 bridgehead atoms. The van der Waals surface area contributed by atoms with Gasteiger partial charge in [0.15, 0.2) is 0 Å². The quantitative estimate of drug-likeness (QED) is 0.0121. The molecule has 14 nitrogen and oxygen atoms in total. The number of phenolic OH excluding ortho intramolecular Hbond substituents is 1. The van der Waals surface area contributed by atoms with Crippen molar-refractivity contribution in [1.82, 2.24) is 20.5 Å². The molecule has 0 spiro atoms. The number of nitrogens with one attached hydrogen (secondary N) is 1. The summed E-state index contributed by atoms with van der Waals surface area (Å²) in [6.45, 7) is 14.9. The van der Waals surface area contributed by atoms with Crippen molar-refractivity contribution in [3.63, 3.8) is 0 Å². The number of hydroxylamine groups is 5. The fourth-order valence-corrected chi connectivity index (χ4v) is 8.32. The largest absolute Gasteiger partial charge is 0.507 e. The minimum atomic E-state index is -0.766. The summed E-state index contributed by atoms with van der Waals surface area (Å²) in [5.41, 5.74) is 4.14. The van der Waals surface area contributed by atoms with Gasteiger partial charge in [-0.05, 0) is 62.6 Å². The lowest BCUT2D eigenvalue weighted by molar-refractivity contribution is -0.159. The second kappa shape index (κ2) is 57.4. The van der Waals surface area contributed by atoms with Crippen LogP contribution in [0.2, 0.25) is 0 Å². The molecule has 0 radical (unpaired) electrons. The molecule has 0 fully saturated rings. The Balaban J connectivity index is -0.000000917. The van der Waals surface area contributed by atoms with Crippen molar-refractivity contribution < 1.29 is 49.4 Å². The highest BCUT2D eigenvalue weighted by molar-refractivity contribution is 7.80. The third kappa shape index (κ3) is 52.2. The van der Waals surface area contributed by atoms with Gasteiger partial charge in [0.1, 0.15) is 12.4 Å². The van der Waals surface area contributed by atoms with E-state index in [1.54, 1.807) is 4.90 Å². The Morgan fingerprint density at radius 1 is 0.514 bits per heavy atom. The molecule has 4 amide bonds. The Kier molecular flexibility index (Phi) is 58.2. The molecule has 436 valence electrons. The van der Waals surface area contributed by atoms with E-state index in [9.17, 15) is 29.5 Å². The monoisotopic (exact) mass is 1070 g/mol. The van der Waals surface area contributed by atoms with Crippen LogP contribution in [0.1, 0.15) is 269 Å². The number of aromatic hydroxyl groups is 1. The summed E-state index contributed by atoms with van der Waals surface area (Å²) in [7, 11) is 2.81. The van der Waals surface area contributed by atoms with E-state index in [4.69, 9.17) is 15.2 Å². The Morgan fingerprint density at radius 2 is 0.878 bits per heavy atom. The smallest absolute Gasteiger partial charge is 0.431 e. The minimum Gasteiger partial charge on any atom is -0.507 e. The average Bonchev–Trinajstić information content (AvgIpc) is 3.38. The number of carbonyl (C=O) groups excluding carboxylic acids is 4. The van der Waals surface area contributed by atoms with Crippen LogP contribution >= 0.6 is 12.6 Å². The zero-order chi connectivity index (χ0) is 55.9. The van der Waals surface area contributed by atoms with Gasteiger partial charge in [0.2, 0.25) is 5.91 Å². The Morgan fingerprint density at radius 3 is 1.23 bits per heavy atom. The molecule has 0 aromatic heterocycles. The summed E-state index contributed by atoms with van der Waals surface area (Å²) in [5.74, 6) is 0.491. The molecule has 0 atom stereocenters. The highest BCUT2D eigenvalue weighted by atomic mass is 32.1. The van der Waals surface area contributed by atoms with Crippen LogP contribution < -0.4 is 5.48 Å². The van der Waals surface area contributed by atoms with Gasteiger partial charge >= 0.3 is 18.1 Å². The van der Waals surface area contributed by atoms with E-state index in [1.807, 2.05) is 26.0 Å². The van der Waals surface area contributed by atoms with Gasteiger partial charge in [-0.3, -0.25) is 25.2 Å². The Labute approximate surface area is 458 Å².